The normalized spacial score (nSPS) is 17.8. The minimum Gasteiger partial charge on any atom is -0.480 e. The standard InChI is InChI=1S/C21H20N4O5S/c26-18(22-13-19(27)28)12-17-20(29)25(14-16-9-5-11-30-16)21(31-17)24-23-10-4-8-15-6-2-1-3-7-15/h1-11,17H,12-14H2,(H,22,26)(H,27,28). The van der Waals surface area contributed by atoms with Crippen LogP contribution in [-0.2, 0) is 20.9 Å². The molecule has 31 heavy (non-hydrogen) atoms. The summed E-state index contributed by atoms with van der Waals surface area (Å²) in [7, 11) is 0. The van der Waals surface area contributed by atoms with Gasteiger partial charge < -0.3 is 14.8 Å². The first kappa shape index (κ1) is 22.0. The number of nitrogens with zero attached hydrogens (tertiary/aromatic N) is 3. The summed E-state index contributed by atoms with van der Waals surface area (Å²) in [6, 6.07) is 13.1. The van der Waals surface area contributed by atoms with Crippen molar-refractivity contribution in [1.82, 2.24) is 10.2 Å². The fraction of sp³-hybridized carbons (Fsp3) is 0.190. The van der Waals surface area contributed by atoms with Gasteiger partial charge in [0.25, 0.3) is 0 Å². The van der Waals surface area contributed by atoms with Crippen LogP contribution >= 0.6 is 11.8 Å². The highest BCUT2D eigenvalue weighted by atomic mass is 32.2. The summed E-state index contributed by atoms with van der Waals surface area (Å²) in [5, 5.41) is 18.7. The first-order valence-electron chi connectivity index (χ1n) is 9.34. The Kier molecular flexibility index (Phi) is 7.77. The van der Waals surface area contributed by atoms with Crippen LogP contribution in [0.15, 0.2) is 69.4 Å². The van der Waals surface area contributed by atoms with E-state index < -0.39 is 23.7 Å². The van der Waals surface area contributed by atoms with E-state index in [-0.39, 0.29) is 18.9 Å². The number of hydrogen-bond donors (Lipinski definition) is 2. The quantitative estimate of drug-likeness (QED) is 0.456. The van der Waals surface area contributed by atoms with Crippen LogP contribution < -0.4 is 5.32 Å². The van der Waals surface area contributed by atoms with E-state index in [1.807, 2.05) is 36.4 Å². The lowest BCUT2D eigenvalue weighted by Gasteiger charge is -2.13. The fourth-order valence-electron chi connectivity index (χ4n) is 2.67. The number of amides is 2. The number of allylic oxidation sites excluding steroid dienone is 1. The van der Waals surface area contributed by atoms with Gasteiger partial charge in [-0.1, -0.05) is 48.2 Å². The van der Waals surface area contributed by atoms with Crippen molar-refractivity contribution in [3.63, 3.8) is 0 Å². The molecule has 0 radical (unpaired) electrons. The predicted octanol–water partition coefficient (Wildman–Crippen LogP) is 2.37. The zero-order valence-corrected chi connectivity index (χ0v) is 17.2. The van der Waals surface area contributed by atoms with Gasteiger partial charge in [-0.15, -0.1) is 5.10 Å². The smallest absolute Gasteiger partial charge is 0.322 e. The lowest BCUT2D eigenvalue weighted by molar-refractivity contribution is -0.138. The summed E-state index contributed by atoms with van der Waals surface area (Å²) in [5.41, 5.74) is 1.01. The molecule has 0 bridgehead atoms. The third-order valence-electron chi connectivity index (χ3n) is 4.11. The predicted molar refractivity (Wildman–Crippen MR) is 117 cm³/mol. The van der Waals surface area contributed by atoms with Crippen LogP contribution in [0, 0.1) is 0 Å². The second-order valence-electron chi connectivity index (χ2n) is 6.40. The highest BCUT2D eigenvalue weighted by molar-refractivity contribution is 8.15. The molecule has 0 spiro atoms. The van der Waals surface area contributed by atoms with E-state index >= 15 is 0 Å². The summed E-state index contributed by atoms with van der Waals surface area (Å²) in [4.78, 5) is 36.8. The van der Waals surface area contributed by atoms with Crippen LogP contribution in [0.2, 0.25) is 0 Å². The summed E-state index contributed by atoms with van der Waals surface area (Å²) < 4.78 is 5.31. The van der Waals surface area contributed by atoms with Crippen molar-refractivity contribution in [3.8, 4) is 0 Å². The van der Waals surface area contributed by atoms with Crippen LogP contribution in [0.4, 0.5) is 0 Å². The van der Waals surface area contributed by atoms with Crippen LogP contribution in [0.5, 0.6) is 0 Å². The number of amidine groups is 1. The molecule has 9 nitrogen and oxygen atoms in total. The van der Waals surface area contributed by atoms with E-state index in [4.69, 9.17) is 9.52 Å². The number of carboxylic acids is 1. The Hall–Kier alpha value is -3.66. The maximum absolute atomic E-state index is 12.8. The van der Waals surface area contributed by atoms with Crippen molar-refractivity contribution in [2.75, 3.05) is 6.54 Å². The van der Waals surface area contributed by atoms with Crippen molar-refractivity contribution >= 4 is 47.0 Å². The second kappa shape index (κ2) is 10.9. The van der Waals surface area contributed by atoms with Gasteiger partial charge in [-0.2, -0.15) is 5.10 Å². The van der Waals surface area contributed by atoms with Gasteiger partial charge in [-0.05, 0) is 23.8 Å². The maximum Gasteiger partial charge on any atom is 0.322 e. The van der Waals surface area contributed by atoms with Gasteiger partial charge in [0.1, 0.15) is 17.6 Å². The lowest BCUT2D eigenvalue weighted by atomic mass is 10.2. The Morgan fingerprint density at radius 2 is 2.03 bits per heavy atom. The van der Waals surface area contributed by atoms with Gasteiger partial charge in [0, 0.05) is 12.6 Å². The number of hydrogen-bond acceptors (Lipinski definition) is 7. The molecule has 1 aromatic carbocycles. The second-order valence-corrected chi connectivity index (χ2v) is 7.57. The van der Waals surface area contributed by atoms with Gasteiger partial charge in [0.2, 0.25) is 11.8 Å². The molecule has 1 saturated heterocycles. The Bertz CT molecular complexity index is 1000. The average Bonchev–Trinajstić information content (AvgIpc) is 3.37. The summed E-state index contributed by atoms with van der Waals surface area (Å²) in [6.07, 6.45) is 6.44. The number of aliphatic carboxylic acids is 1. The van der Waals surface area contributed by atoms with E-state index in [2.05, 4.69) is 15.5 Å². The Morgan fingerprint density at radius 3 is 2.74 bits per heavy atom. The van der Waals surface area contributed by atoms with E-state index in [1.165, 1.54) is 17.4 Å². The third-order valence-corrected chi connectivity index (χ3v) is 5.27. The summed E-state index contributed by atoms with van der Waals surface area (Å²) in [5.74, 6) is -1.44. The van der Waals surface area contributed by atoms with Crippen molar-refractivity contribution in [2.45, 2.75) is 18.2 Å². The van der Waals surface area contributed by atoms with Gasteiger partial charge in [0.05, 0.1) is 12.8 Å². The molecule has 1 aliphatic rings. The van der Waals surface area contributed by atoms with Gasteiger partial charge in [-0.25, -0.2) is 0 Å². The summed E-state index contributed by atoms with van der Waals surface area (Å²) >= 11 is 1.10. The monoisotopic (exact) mass is 440 g/mol. The molecule has 2 amide bonds. The highest BCUT2D eigenvalue weighted by Gasteiger charge is 2.39. The number of rotatable bonds is 9. The van der Waals surface area contributed by atoms with E-state index in [0.29, 0.717) is 10.9 Å². The van der Waals surface area contributed by atoms with Crippen LogP contribution in [0.1, 0.15) is 17.7 Å². The van der Waals surface area contributed by atoms with Crippen molar-refractivity contribution in [1.29, 1.82) is 0 Å². The number of thioether (sulfide) groups is 1. The highest BCUT2D eigenvalue weighted by Crippen LogP contribution is 2.31. The van der Waals surface area contributed by atoms with E-state index in [9.17, 15) is 14.4 Å². The molecule has 3 rings (SSSR count). The number of carboxylic acid groups (broad SMARTS) is 1. The minimum atomic E-state index is -1.15. The fourth-order valence-corrected chi connectivity index (χ4v) is 3.77. The topological polar surface area (TPSA) is 125 Å². The van der Waals surface area contributed by atoms with Gasteiger partial charge >= 0.3 is 5.97 Å². The molecular formula is C21H20N4O5S. The van der Waals surface area contributed by atoms with Crippen LogP contribution in [-0.4, -0.2) is 51.0 Å². The van der Waals surface area contributed by atoms with Gasteiger partial charge in [0.15, 0.2) is 5.17 Å². The SMILES string of the molecule is O=C(O)CNC(=O)CC1SC(=NN=CC=Cc2ccccc2)N(Cc2ccco2)C1=O. The van der Waals surface area contributed by atoms with Crippen molar-refractivity contribution in [3.05, 3.63) is 66.1 Å². The molecule has 1 unspecified atom stereocenters. The first-order chi connectivity index (χ1) is 15.0. The number of furan rings is 1. The summed E-state index contributed by atoms with van der Waals surface area (Å²) in [6.45, 7) is -0.347. The van der Waals surface area contributed by atoms with Crippen molar-refractivity contribution in [2.24, 2.45) is 10.2 Å². The largest absolute Gasteiger partial charge is 0.480 e. The molecule has 1 aliphatic heterocycles. The molecule has 2 N–H and O–H groups in total. The molecule has 2 heterocycles. The Balaban J connectivity index is 1.68. The van der Waals surface area contributed by atoms with Crippen molar-refractivity contribution < 1.29 is 23.9 Å². The molecule has 10 heteroatoms. The number of benzene rings is 1. The number of carbonyl (C=O) groups is 3. The molecule has 160 valence electrons. The lowest BCUT2D eigenvalue weighted by Crippen LogP contribution is -2.35. The van der Waals surface area contributed by atoms with Crippen LogP contribution in [0.25, 0.3) is 6.08 Å². The molecule has 0 saturated carbocycles. The minimum absolute atomic E-state index is 0.153. The molecular weight excluding hydrogens is 420 g/mol. The molecule has 1 fully saturated rings. The molecule has 1 atom stereocenters. The van der Waals surface area contributed by atoms with Crippen LogP contribution in [0.3, 0.4) is 0 Å². The Morgan fingerprint density at radius 1 is 1.23 bits per heavy atom. The average molecular weight is 440 g/mol. The number of carbonyl (C=O) groups excluding carboxylic acids is 2. The Labute approximate surface area is 182 Å². The van der Waals surface area contributed by atoms with E-state index in [1.54, 1.807) is 18.2 Å². The molecule has 1 aromatic heterocycles. The van der Waals surface area contributed by atoms with Gasteiger partial charge in [-0.3, -0.25) is 19.3 Å². The zero-order valence-electron chi connectivity index (χ0n) is 16.4. The third kappa shape index (κ3) is 6.68. The first-order valence-corrected chi connectivity index (χ1v) is 10.2. The molecule has 0 aliphatic carbocycles. The number of nitrogens with one attached hydrogen (secondary N) is 1. The molecule has 2 aromatic rings. The zero-order chi connectivity index (χ0) is 22.1. The van der Waals surface area contributed by atoms with E-state index in [0.717, 1.165) is 17.3 Å². The maximum atomic E-state index is 12.8.